The smallest absolute Gasteiger partial charge is 0.143 e. The van der Waals surface area contributed by atoms with E-state index in [4.69, 9.17) is 4.42 Å². The third-order valence-electron chi connectivity index (χ3n) is 11.1. The van der Waals surface area contributed by atoms with Crippen LogP contribution in [0, 0.1) is 0 Å². The van der Waals surface area contributed by atoms with Crippen molar-refractivity contribution in [1.82, 2.24) is 0 Å². The normalized spacial score (nSPS) is 12.4. The second-order valence-corrected chi connectivity index (χ2v) is 14.5. The Bertz CT molecular complexity index is 3490. The Morgan fingerprint density at radius 3 is 1.79 bits per heavy atom. The topological polar surface area (TPSA) is 16.4 Å². The lowest BCUT2D eigenvalue weighted by molar-refractivity contribution is 0.672. The highest BCUT2D eigenvalue weighted by molar-refractivity contribution is 6.20. The maximum Gasteiger partial charge on any atom is 0.143 e. The van der Waals surface area contributed by atoms with Crippen molar-refractivity contribution >= 4 is 60.5 Å². The van der Waals surface area contributed by atoms with Crippen molar-refractivity contribution in [3.05, 3.63) is 224 Å². The number of anilines is 3. The van der Waals surface area contributed by atoms with Gasteiger partial charge in [0.2, 0.25) is 0 Å². The van der Waals surface area contributed by atoms with E-state index < -0.39 is 0 Å². The average Bonchev–Trinajstić information content (AvgIpc) is 3.71. The fraction of sp³-hybridized carbons (Fsp3) is 0. The number of rotatable bonds is 7. The van der Waals surface area contributed by atoms with E-state index in [9.17, 15) is 5.48 Å². The molecular weight excluding hydrogens is 703 g/mol. The fourth-order valence-electron chi connectivity index (χ4n) is 8.37. The van der Waals surface area contributed by atoms with Crippen molar-refractivity contribution < 1.29 is 9.90 Å². The van der Waals surface area contributed by atoms with Gasteiger partial charge in [0.05, 0.1) is 11.2 Å². The van der Waals surface area contributed by atoms with E-state index >= 15 is 0 Å². The SMILES string of the molecule is [2H]c1c([2H])c(N(c2ccc(-c3ccccc3)cc2)c2ccccc2-c2cc3c4ccccc4oc3c3ccccc23)c([2H])c([2H])c1-c1cccc(-c2cccc3ccccc23)c1. The molecule has 0 aliphatic carbocycles. The summed E-state index contributed by atoms with van der Waals surface area (Å²) in [6.07, 6.45) is 0. The van der Waals surface area contributed by atoms with E-state index in [2.05, 4.69) is 66.7 Å². The summed E-state index contributed by atoms with van der Waals surface area (Å²) in [7, 11) is 0. The van der Waals surface area contributed by atoms with Crippen LogP contribution in [0.3, 0.4) is 0 Å². The summed E-state index contributed by atoms with van der Waals surface area (Å²) >= 11 is 0. The largest absolute Gasteiger partial charge is 0.455 e. The van der Waals surface area contributed by atoms with Crippen LogP contribution in [0.2, 0.25) is 0 Å². The van der Waals surface area contributed by atoms with Gasteiger partial charge >= 0.3 is 0 Å². The second kappa shape index (κ2) is 14.1. The number of benzene rings is 10. The van der Waals surface area contributed by atoms with Crippen LogP contribution in [0.5, 0.6) is 0 Å². The van der Waals surface area contributed by atoms with Gasteiger partial charge < -0.3 is 9.32 Å². The summed E-state index contributed by atoms with van der Waals surface area (Å²) in [5.74, 6) is 0. The van der Waals surface area contributed by atoms with Gasteiger partial charge in [0.25, 0.3) is 0 Å². The molecule has 0 saturated heterocycles. The van der Waals surface area contributed by atoms with Gasteiger partial charge in [-0.2, -0.15) is 0 Å². The standard InChI is InChI=1S/C56H37NO/c1-2-14-38(15-3-1)39-28-32-44(33-29-39)57(45-34-30-40(31-35-45)42-18-12-19-43(36-42)47-25-13-17-41-16-4-5-20-46(41)47)54-26-10-8-22-49(54)52-37-53-50-23-9-11-27-55(50)58-56(53)51-24-7-6-21-48(51)52/h1-37H/i30D,31D,34D,35D. The molecule has 1 aromatic heterocycles. The molecule has 0 bridgehead atoms. The minimum atomic E-state index is -0.139. The van der Waals surface area contributed by atoms with E-state index in [1.807, 2.05) is 138 Å². The highest BCUT2D eigenvalue weighted by atomic mass is 16.3. The Hall–Kier alpha value is -7.68. The van der Waals surface area contributed by atoms with Crippen LogP contribution in [0.15, 0.2) is 229 Å². The number of nitrogens with zero attached hydrogens (tertiary/aromatic N) is 1. The van der Waals surface area contributed by atoms with Gasteiger partial charge in [0.1, 0.15) is 11.2 Å². The van der Waals surface area contributed by atoms with E-state index in [1.54, 1.807) is 0 Å². The number of hydrogen-bond acceptors (Lipinski definition) is 2. The molecule has 2 heteroatoms. The van der Waals surface area contributed by atoms with Crippen LogP contribution >= 0.6 is 0 Å². The molecule has 0 aliphatic heterocycles. The van der Waals surface area contributed by atoms with Gasteiger partial charge in [-0.3, -0.25) is 0 Å². The van der Waals surface area contributed by atoms with Crippen molar-refractivity contribution in [1.29, 1.82) is 0 Å². The van der Waals surface area contributed by atoms with E-state index in [0.717, 1.165) is 76.9 Å². The van der Waals surface area contributed by atoms with Gasteiger partial charge in [-0.15, -0.1) is 0 Å². The van der Waals surface area contributed by atoms with Crippen LogP contribution in [-0.2, 0) is 0 Å². The molecule has 0 radical (unpaired) electrons. The maximum atomic E-state index is 9.79. The summed E-state index contributed by atoms with van der Waals surface area (Å²) in [5.41, 5.74) is 9.94. The van der Waals surface area contributed by atoms with Crippen molar-refractivity contribution in [2.75, 3.05) is 4.90 Å². The molecule has 0 amide bonds. The van der Waals surface area contributed by atoms with Crippen LogP contribution in [0.1, 0.15) is 5.48 Å². The predicted octanol–water partition coefficient (Wildman–Crippen LogP) is 16.0. The lowest BCUT2D eigenvalue weighted by Gasteiger charge is -2.28. The van der Waals surface area contributed by atoms with Crippen LogP contribution < -0.4 is 4.90 Å². The molecular formula is C56H37NO. The monoisotopic (exact) mass is 743 g/mol. The summed E-state index contributed by atoms with van der Waals surface area (Å²) in [6.45, 7) is 0. The van der Waals surface area contributed by atoms with Crippen LogP contribution in [0.4, 0.5) is 17.1 Å². The number of fused-ring (bicyclic) bond motifs is 6. The minimum Gasteiger partial charge on any atom is -0.455 e. The van der Waals surface area contributed by atoms with Crippen molar-refractivity contribution in [3.8, 4) is 44.5 Å². The van der Waals surface area contributed by atoms with Gasteiger partial charge in [0, 0.05) is 33.1 Å². The summed E-state index contributed by atoms with van der Waals surface area (Å²) in [4.78, 5) is 1.90. The number of furan rings is 1. The summed E-state index contributed by atoms with van der Waals surface area (Å²) in [5, 5.41) is 6.19. The summed E-state index contributed by atoms with van der Waals surface area (Å²) < 4.78 is 45.3. The molecule has 11 aromatic rings. The first-order valence-electron chi connectivity index (χ1n) is 21.5. The Balaban J connectivity index is 1.13. The molecule has 0 N–H and O–H groups in total. The molecule has 0 fully saturated rings. The molecule has 58 heavy (non-hydrogen) atoms. The first kappa shape index (κ1) is 29.6. The van der Waals surface area contributed by atoms with Crippen LogP contribution in [0.25, 0.3) is 88.0 Å². The predicted molar refractivity (Wildman–Crippen MR) is 245 cm³/mol. The molecule has 1 heterocycles. The van der Waals surface area contributed by atoms with Gasteiger partial charge in [-0.1, -0.05) is 176 Å². The first-order valence-corrected chi connectivity index (χ1v) is 19.5. The Kier molecular flexibility index (Phi) is 7.20. The molecule has 0 spiro atoms. The molecule has 0 unspecified atom stereocenters. The Morgan fingerprint density at radius 1 is 0.345 bits per heavy atom. The zero-order valence-corrected chi connectivity index (χ0v) is 31.4. The van der Waals surface area contributed by atoms with Gasteiger partial charge in [0.15, 0.2) is 0 Å². The van der Waals surface area contributed by atoms with Crippen molar-refractivity contribution in [3.63, 3.8) is 0 Å². The molecule has 0 aliphatic rings. The quantitative estimate of drug-likeness (QED) is 0.162. The molecule has 11 rings (SSSR count). The summed E-state index contributed by atoms with van der Waals surface area (Å²) in [6, 6.07) is 66.5. The molecule has 0 saturated carbocycles. The number of para-hydroxylation sites is 2. The van der Waals surface area contributed by atoms with Crippen LogP contribution in [-0.4, -0.2) is 0 Å². The third-order valence-corrected chi connectivity index (χ3v) is 11.1. The molecule has 2 nitrogen and oxygen atoms in total. The van der Waals surface area contributed by atoms with E-state index in [1.165, 1.54) is 0 Å². The van der Waals surface area contributed by atoms with E-state index in [0.29, 0.717) is 16.9 Å². The third kappa shape index (κ3) is 5.82. The lowest BCUT2D eigenvalue weighted by Crippen LogP contribution is -2.11. The molecule has 0 atom stereocenters. The second-order valence-electron chi connectivity index (χ2n) is 14.5. The van der Waals surface area contributed by atoms with Crippen molar-refractivity contribution in [2.24, 2.45) is 0 Å². The average molecular weight is 744 g/mol. The Morgan fingerprint density at radius 2 is 0.948 bits per heavy atom. The highest BCUT2D eigenvalue weighted by Gasteiger charge is 2.21. The zero-order chi connectivity index (χ0) is 41.9. The highest BCUT2D eigenvalue weighted by Crippen LogP contribution is 2.46. The van der Waals surface area contributed by atoms with Gasteiger partial charge in [-0.05, 0) is 104 Å². The lowest BCUT2D eigenvalue weighted by atomic mass is 9.93. The fourth-order valence-corrected chi connectivity index (χ4v) is 8.37. The first-order chi connectivity index (χ1) is 30.4. The zero-order valence-electron chi connectivity index (χ0n) is 35.4. The maximum absolute atomic E-state index is 9.79. The minimum absolute atomic E-state index is 0.115. The molecule has 10 aromatic carbocycles. The Labute approximate surface area is 343 Å². The molecule has 272 valence electrons. The number of hydrogen-bond donors (Lipinski definition) is 0. The van der Waals surface area contributed by atoms with E-state index in [-0.39, 0.29) is 35.4 Å². The van der Waals surface area contributed by atoms with Gasteiger partial charge in [-0.25, -0.2) is 0 Å². The van der Waals surface area contributed by atoms with Crippen molar-refractivity contribution in [2.45, 2.75) is 0 Å².